The van der Waals surface area contributed by atoms with Crippen LogP contribution in [0.4, 0.5) is 0 Å². The highest BCUT2D eigenvalue weighted by Crippen LogP contribution is 2.09. The molecule has 0 radical (unpaired) electrons. The average molecular weight is 328 g/mol. The van der Waals surface area contributed by atoms with Crippen molar-refractivity contribution in [2.45, 2.75) is 13.5 Å². The lowest BCUT2D eigenvalue weighted by atomic mass is 10.2. The summed E-state index contributed by atoms with van der Waals surface area (Å²) in [6.45, 7) is 3.93. The minimum atomic E-state index is 0.860. The van der Waals surface area contributed by atoms with E-state index < -0.39 is 0 Å². The van der Waals surface area contributed by atoms with Gasteiger partial charge in [0.25, 0.3) is 0 Å². The molecule has 2 heterocycles. The summed E-state index contributed by atoms with van der Waals surface area (Å²) < 4.78 is 2.90. The lowest BCUT2D eigenvalue weighted by molar-refractivity contribution is 0.723. The third-order valence-electron chi connectivity index (χ3n) is 2.17. The molecule has 0 aliphatic heterocycles. The van der Waals surface area contributed by atoms with E-state index in [0.717, 1.165) is 22.5 Å². The SMILES string of the molecule is CCNCc1ccnc(-n2cc(I)cn2)c1. The molecule has 0 amide bonds. The number of pyridine rings is 1. The summed E-state index contributed by atoms with van der Waals surface area (Å²) in [5.41, 5.74) is 1.22. The minimum Gasteiger partial charge on any atom is -0.313 e. The minimum absolute atomic E-state index is 0.860. The van der Waals surface area contributed by atoms with Crippen LogP contribution in [0.3, 0.4) is 0 Å². The van der Waals surface area contributed by atoms with Crippen LogP contribution in [0.2, 0.25) is 0 Å². The van der Waals surface area contributed by atoms with E-state index in [4.69, 9.17) is 0 Å². The van der Waals surface area contributed by atoms with Gasteiger partial charge in [0.1, 0.15) is 0 Å². The zero-order chi connectivity index (χ0) is 11.4. The Morgan fingerprint density at radius 1 is 1.50 bits per heavy atom. The fourth-order valence-electron chi connectivity index (χ4n) is 1.39. The fourth-order valence-corrected chi connectivity index (χ4v) is 1.78. The Kier molecular flexibility index (Phi) is 3.89. The van der Waals surface area contributed by atoms with Gasteiger partial charge >= 0.3 is 0 Å². The largest absolute Gasteiger partial charge is 0.313 e. The maximum Gasteiger partial charge on any atom is 0.153 e. The summed E-state index contributed by atoms with van der Waals surface area (Å²) in [7, 11) is 0. The number of hydrogen-bond acceptors (Lipinski definition) is 3. The van der Waals surface area contributed by atoms with Crippen LogP contribution in [0.15, 0.2) is 30.7 Å². The van der Waals surface area contributed by atoms with Gasteiger partial charge in [-0.2, -0.15) is 5.10 Å². The lowest BCUT2D eigenvalue weighted by Crippen LogP contribution is -2.12. The van der Waals surface area contributed by atoms with Gasteiger partial charge in [0.15, 0.2) is 5.82 Å². The van der Waals surface area contributed by atoms with E-state index in [0.29, 0.717) is 0 Å². The first-order chi connectivity index (χ1) is 7.79. The highest BCUT2D eigenvalue weighted by Gasteiger charge is 2.01. The van der Waals surface area contributed by atoms with Gasteiger partial charge in [0.2, 0.25) is 0 Å². The van der Waals surface area contributed by atoms with Crippen LogP contribution in [0.25, 0.3) is 5.82 Å². The smallest absolute Gasteiger partial charge is 0.153 e. The second kappa shape index (κ2) is 5.40. The van der Waals surface area contributed by atoms with Crippen LogP contribution in [0.1, 0.15) is 12.5 Å². The second-order valence-electron chi connectivity index (χ2n) is 3.41. The molecule has 0 spiro atoms. The van der Waals surface area contributed by atoms with Crippen molar-refractivity contribution < 1.29 is 0 Å². The van der Waals surface area contributed by atoms with Gasteiger partial charge in [0.05, 0.1) is 9.77 Å². The summed E-state index contributed by atoms with van der Waals surface area (Å²) in [5, 5.41) is 7.52. The molecule has 0 aliphatic rings. The van der Waals surface area contributed by atoms with Crippen molar-refractivity contribution in [1.82, 2.24) is 20.1 Å². The molecule has 1 N–H and O–H groups in total. The molecule has 16 heavy (non-hydrogen) atoms. The number of halogens is 1. The first-order valence-electron chi connectivity index (χ1n) is 5.16. The first-order valence-corrected chi connectivity index (χ1v) is 6.23. The average Bonchev–Trinajstić information content (AvgIpc) is 2.74. The maximum atomic E-state index is 4.30. The molecule has 4 nitrogen and oxygen atoms in total. The normalized spacial score (nSPS) is 10.6. The molecule has 2 aromatic rings. The van der Waals surface area contributed by atoms with E-state index in [1.807, 2.05) is 30.7 Å². The zero-order valence-electron chi connectivity index (χ0n) is 9.02. The molecule has 2 aromatic heterocycles. The Morgan fingerprint density at radius 2 is 2.38 bits per heavy atom. The van der Waals surface area contributed by atoms with Crippen LogP contribution in [0, 0.1) is 3.57 Å². The van der Waals surface area contributed by atoms with Crippen molar-refractivity contribution in [3.8, 4) is 5.82 Å². The Morgan fingerprint density at radius 3 is 3.06 bits per heavy atom. The van der Waals surface area contributed by atoms with E-state index in [9.17, 15) is 0 Å². The van der Waals surface area contributed by atoms with Gasteiger partial charge in [-0.3, -0.25) is 0 Å². The third kappa shape index (κ3) is 2.79. The molecule has 0 aromatic carbocycles. The van der Waals surface area contributed by atoms with E-state index in [1.54, 1.807) is 4.68 Å². The van der Waals surface area contributed by atoms with E-state index in [1.165, 1.54) is 5.56 Å². The van der Waals surface area contributed by atoms with Gasteiger partial charge in [-0.15, -0.1) is 0 Å². The molecule has 84 valence electrons. The second-order valence-corrected chi connectivity index (χ2v) is 4.65. The summed E-state index contributed by atoms with van der Waals surface area (Å²) in [6.07, 6.45) is 5.59. The number of aromatic nitrogens is 3. The number of hydrogen-bond donors (Lipinski definition) is 1. The number of rotatable bonds is 4. The van der Waals surface area contributed by atoms with Gasteiger partial charge in [-0.1, -0.05) is 6.92 Å². The van der Waals surface area contributed by atoms with Crippen molar-refractivity contribution in [1.29, 1.82) is 0 Å². The summed E-state index contributed by atoms with van der Waals surface area (Å²) in [5.74, 6) is 0.860. The van der Waals surface area contributed by atoms with Crippen molar-refractivity contribution >= 4 is 22.6 Å². The Labute approximate surface area is 108 Å². The molecule has 0 bridgehead atoms. The predicted octanol–water partition coefficient (Wildman–Crippen LogP) is 1.98. The Bertz CT molecular complexity index is 467. The van der Waals surface area contributed by atoms with Crippen LogP contribution < -0.4 is 5.32 Å². The molecule has 2 rings (SSSR count). The third-order valence-corrected chi connectivity index (χ3v) is 2.73. The Balaban J connectivity index is 2.22. The molecular weight excluding hydrogens is 315 g/mol. The van der Waals surface area contributed by atoms with Crippen LogP contribution in [0.5, 0.6) is 0 Å². The number of nitrogens with one attached hydrogen (secondary N) is 1. The summed E-state index contributed by atoms with van der Waals surface area (Å²) >= 11 is 2.24. The maximum absolute atomic E-state index is 4.30. The lowest BCUT2D eigenvalue weighted by Gasteiger charge is -2.04. The van der Waals surface area contributed by atoms with Gasteiger partial charge in [-0.25, -0.2) is 9.67 Å². The Hall–Kier alpha value is -0.950. The van der Waals surface area contributed by atoms with Crippen molar-refractivity contribution in [2.24, 2.45) is 0 Å². The molecular formula is C11H13IN4. The van der Waals surface area contributed by atoms with E-state index in [2.05, 4.69) is 44.9 Å². The quantitative estimate of drug-likeness (QED) is 0.873. The van der Waals surface area contributed by atoms with Crippen LogP contribution in [-0.4, -0.2) is 21.3 Å². The summed E-state index contributed by atoms with van der Waals surface area (Å²) in [6, 6.07) is 4.06. The highest BCUT2D eigenvalue weighted by atomic mass is 127. The molecule has 0 atom stereocenters. The number of nitrogens with zero attached hydrogens (tertiary/aromatic N) is 3. The summed E-state index contributed by atoms with van der Waals surface area (Å²) in [4.78, 5) is 4.30. The topological polar surface area (TPSA) is 42.7 Å². The molecule has 0 aliphatic carbocycles. The van der Waals surface area contributed by atoms with Gasteiger partial charge in [-0.05, 0) is 46.8 Å². The first kappa shape index (κ1) is 11.5. The van der Waals surface area contributed by atoms with Crippen LogP contribution >= 0.6 is 22.6 Å². The van der Waals surface area contributed by atoms with E-state index >= 15 is 0 Å². The van der Waals surface area contributed by atoms with Crippen molar-refractivity contribution in [3.63, 3.8) is 0 Å². The van der Waals surface area contributed by atoms with Crippen molar-refractivity contribution in [2.75, 3.05) is 6.54 Å². The monoisotopic (exact) mass is 328 g/mol. The van der Waals surface area contributed by atoms with Gasteiger partial charge in [0, 0.05) is 18.9 Å². The molecule has 5 heteroatoms. The van der Waals surface area contributed by atoms with Crippen LogP contribution in [-0.2, 0) is 6.54 Å². The molecule has 0 unspecified atom stereocenters. The van der Waals surface area contributed by atoms with Gasteiger partial charge < -0.3 is 5.32 Å². The standard InChI is InChI=1S/C11H13IN4/c1-2-13-6-9-3-4-14-11(5-9)16-8-10(12)7-15-16/h3-5,7-8,13H,2,6H2,1H3. The molecule has 0 fully saturated rings. The zero-order valence-corrected chi connectivity index (χ0v) is 11.2. The molecule has 0 saturated heterocycles. The van der Waals surface area contributed by atoms with Crippen molar-refractivity contribution in [3.05, 3.63) is 39.9 Å². The predicted molar refractivity (Wildman–Crippen MR) is 71.5 cm³/mol. The highest BCUT2D eigenvalue weighted by molar-refractivity contribution is 14.1. The molecule has 0 saturated carbocycles. The fraction of sp³-hybridized carbons (Fsp3) is 0.273. The van der Waals surface area contributed by atoms with E-state index in [-0.39, 0.29) is 0 Å².